The highest BCUT2D eigenvalue weighted by Crippen LogP contribution is 2.29. The van der Waals surface area contributed by atoms with Crippen molar-refractivity contribution in [1.29, 1.82) is 0 Å². The fourth-order valence-corrected chi connectivity index (χ4v) is 3.25. The minimum absolute atomic E-state index is 0.121. The molecule has 2 N–H and O–H groups in total. The maximum atomic E-state index is 12.3. The van der Waals surface area contributed by atoms with Crippen LogP contribution in [0.5, 0.6) is 0 Å². The number of imidazole rings is 1. The van der Waals surface area contributed by atoms with E-state index in [2.05, 4.69) is 10.3 Å². The SMILES string of the molecule is CC(NC(=O)c1ncn2c1CN(C)C(=O)c1sccc1-2)C(=O)O. The Morgan fingerprint density at radius 1 is 1.48 bits per heavy atom. The van der Waals surface area contributed by atoms with Crippen LogP contribution in [0, 0.1) is 0 Å². The summed E-state index contributed by atoms with van der Waals surface area (Å²) in [6.07, 6.45) is 1.48. The summed E-state index contributed by atoms with van der Waals surface area (Å²) in [4.78, 5) is 41.7. The van der Waals surface area contributed by atoms with E-state index < -0.39 is 17.9 Å². The van der Waals surface area contributed by atoms with Crippen molar-refractivity contribution < 1.29 is 19.5 Å². The van der Waals surface area contributed by atoms with Gasteiger partial charge in [0.25, 0.3) is 11.8 Å². The van der Waals surface area contributed by atoms with Crippen molar-refractivity contribution in [2.24, 2.45) is 0 Å². The van der Waals surface area contributed by atoms with Crippen LogP contribution in [0.25, 0.3) is 5.69 Å². The molecule has 3 heterocycles. The van der Waals surface area contributed by atoms with E-state index in [4.69, 9.17) is 5.11 Å². The number of hydrogen-bond donors (Lipinski definition) is 2. The molecule has 120 valence electrons. The molecule has 1 atom stereocenters. The van der Waals surface area contributed by atoms with E-state index >= 15 is 0 Å². The highest BCUT2D eigenvalue weighted by atomic mass is 32.1. The second-order valence-electron chi connectivity index (χ2n) is 5.24. The summed E-state index contributed by atoms with van der Waals surface area (Å²) in [5.41, 5.74) is 1.35. The first-order chi connectivity index (χ1) is 10.9. The van der Waals surface area contributed by atoms with Crippen LogP contribution in [0.2, 0.25) is 0 Å². The molecule has 0 bridgehead atoms. The first kappa shape index (κ1) is 15.2. The van der Waals surface area contributed by atoms with Gasteiger partial charge < -0.3 is 15.3 Å². The predicted molar refractivity (Wildman–Crippen MR) is 81.8 cm³/mol. The van der Waals surface area contributed by atoms with Gasteiger partial charge in [-0.3, -0.25) is 19.0 Å². The number of aromatic nitrogens is 2. The molecule has 1 unspecified atom stereocenters. The van der Waals surface area contributed by atoms with Crippen LogP contribution in [0.4, 0.5) is 0 Å². The van der Waals surface area contributed by atoms with E-state index in [1.807, 2.05) is 0 Å². The third-order valence-corrected chi connectivity index (χ3v) is 4.52. The molecule has 23 heavy (non-hydrogen) atoms. The lowest BCUT2D eigenvalue weighted by Crippen LogP contribution is -2.39. The van der Waals surface area contributed by atoms with E-state index in [0.717, 1.165) is 0 Å². The number of fused-ring (bicyclic) bond motifs is 3. The molecule has 2 amide bonds. The number of nitrogens with zero attached hydrogens (tertiary/aromatic N) is 3. The zero-order valence-corrected chi connectivity index (χ0v) is 13.3. The van der Waals surface area contributed by atoms with Crippen molar-refractivity contribution >= 4 is 29.1 Å². The van der Waals surface area contributed by atoms with E-state index in [9.17, 15) is 14.4 Å². The fraction of sp³-hybridized carbons (Fsp3) is 0.286. The zero-order valence-electron chi connectivity index (χ0n) is 12.4. The number of carboxylic acid groups (broad SMARTS) is 1. The lowest BCUT2D eigenvalue weighted by molar-refractivity contribution is -0.138. The highest BCUT2D eigenvalue weighted by molar-refractivity contribution is 7.12. The Morgan fingerprint density at radius 2 is 2.22 bits per heavy atom. The van der Waals surface area contributed by atoms with Crippen LogP contribution in [0.3, 0.4) is 0 Å². The molecule has 0 aromatic carbocycles. The number of hydrogen-bond acceptors (Lipinski definition) is 5. The first-order valence-electron chi connectivity index (χ1n) is 6.83. The van der Waals surface area contributed by atoms with Gasteiger partial charge in [0.1, 0.15) is 17.2 Å². The Labute approximate surface area is 135 Å². The Morgan fingerprint density at radius 3 is 2.91 bits per heavy atom. The smallest absolute Gasteiger partial charge is 0.325 e. The number of carboxylic acids is 1. The largest absolute Gasteiger partial charge is 0.480 e. The number of carbonyl (C=O) groups excluding carboxylic acids is 2. The molecule has 0 fully saturated rings. The van der Waals surface area contributed by atoms with Crippen LogP contribution in [-0.4, -0.2) is 50.4 Å². The summed E-state index contributed by atoms with van der Waals surface area (Å²) in [6, 6.07) is 0.769. The highest BCUT2D eigenvalue weighted by Gasteiger charge is 2.29. The molecule has 0 saturated carbocycles. The summed E-state index contributed by atoms with van der Waals surface area (Å²) in [5, 5.41) is 13.1. The van der Waals surface area contributed by atoms with Crippen LogP contribution in [-0.2, 0) is 11.3 Å². The second kappa shape index (κ2) is 5.51. The molecule has 0 saturated heterocycles. The molecule has 0 radical (unpaired) electrons. The van der Waals surface area contributed by atoms with Crippen molar-refractivity contribution in [3.63, 3.8) is 0 Å². The predicted octanol–water partition coefficient (Wildman–Crippen LogP) is 0.722. The fourth-order valence-electron chi connectivity index (χ4n) is 2.37. The molecule has 0 aliphatic carbocycles. The average Bonchev–Trinajstić information content (AvgIpc) is 3.10. The van der Waals surface area contributed by atoms with E-state index in [-0.39, 0.29) is 18.1 Å². The summed E-state index contributed by atoms with van der Waals surface area (Å²) in [6.45, 7) is 1.59. The molecule has 2 aromatic rings. The van der Waals surface area contributed by atoms with Crippen molar-refractivity contribution in [3.8, 4) is 5.69 Å². The molecular weight excluding hydrogens is 320 g/mol. The first-order valence-corrected chi connectivity index (χ1v) is 7.71. The maximum Gasteiger partial charge on any atom is 0.325 e. The van der Waals surface area contributed by atoms with Gasteiger partial charge in [-0.2, -0.15) is 0 Å². The maximum absolute atomic E-state index is 12.3. The van der Waals surface area contributed by atoms with Gasteiger partial charge in [0, 0.05) is 7.05 Å². The van der Waals surface area contributed by atoms with Crippen molar-refractivity contribution in [1.82, 2.24) is 19.8 Å². The second-order valence-corrected chi connectivity index (χ2v) is 6.16. The Hall–Kier alpha value is -2.68. The molecule has 8 nitrogen and oxygen atoms in total. The molecule has 9 heteroatoms. The van der Waals surface area contributed by atoms with E-state index in [1.165, 1.54) is 29.5 Å². The minimum atomic E-state index is -1.13. The summed E-state index contributed by atoms with van der Waals surface area (Å²) < 4.78 is 1.70. The molecular formula is C14H14N4O4S. The number of thiophene rings is 1. The Balaban J connectivity index is 2.02. The van der Waals surface area contributed by atoms with E-state index in [0.29, 0.717) is 16.3 Å². The summed E-state index contributed by atoms with van der Waals surface area (Å²) >= 11 is 1.33. The topological polar surface area (TPSA) is 105 Å². The number of nitrogens with one attached hydrogen (secondary N) is 1. The van der Waals surface area contributed by atoms with Crippen LogP contribution >= 0.6 is 11.3 Å². The molecule has 2 aromatic heterocycles. The Kier molecular flexibility index (Phi) is 3.64. The minimum Gasteiger partial charge on any atom is -0.480 e. The van der Waals surface area contributed by atoms with Gasteiger partial charge >= 0.3 is 5.97 Å². The van der Waals surface area contributed by atoms with Gasteiger partial charge in [0.15, 0.2) is 5.69 Å². The van der Waals surface area contributed by atoms with Crippen LogP contribution in [0.15, 0.2) is 17.8 Å². The van der Waals surface area contributed by atoms with Gasteiger partial charge in [-0.15, -0.1) is 11.3 Å². The molecule has 1 aliphatic rings. The zero-order chi connectivity index (χ0) is 16.7. The third kappa shape index (κ3) is 2.48. The van der Waals surface area contributed by atoms with Gasteiger partial charge in [-0.1, -0.05) is 0 Å². The molecule has 3 rings (SSSR count). The van der Waals surface area contributed by atoms with Crippen molar-refractivity contribution in [3.05, 3.63) is 34.0 Å². The van der Waals surface area contributed by atoms with Crippen LogP contribution in [0.1, 0.15) is 32.8 Å². The quantitative estimate of drug-likeness (QED) is 0.861. The van der Waals surface area contributed by atoms with Crippen molar-refractivity contribution in [2.45, 2.75) is 19.5 Å². The monoisotopic (exact) mass is 334 g/mol. The van der Waals surface area contributed by atoms with Crippen molar-refractivity contribution in [2.75, 3.05) is 7.05 Å². The Bertz CT molecular complexity index is 810. The van der Waals surface area contributed by atoms with Gasteiger partial charge in [-0.25, -0.2) is 4.98 Å². The third-order valence-electron chi connectivity index (χ3n) is 3.63. The molecule has 1 aliphatic heterocycles. The van der Waals surface area contributed by atoms with Gasteiger partial charge in [0.2, 0.25) is 0 Å². The van der Waals surface area contributed by atoms with Gasteiger partial charge in [0.05, 0.1) is 17.9 Å². The van der Waals surface area contributed by atoms with E-state index in [1.54, 1.807) is 23.1 Å². The summed E-state index contributed by atoms with van der Waals surface area (Å²) in [7, 11) is 1.65. The van der Waals surface area contributed by atoms with Crippen LogP contribution < -0.4 is 5.32 Å². The number of aliphatic carboxylic acids is 1. The lowest BCUT2D eigenvalue weighted by Gasteiger charge is -2.14. The molecule has 0 spiro atoms. The van der Waals surface area contributed by atoms with Gasteiger partial charge in [-0.05, 0) is 18.4 Å². The average molecular weight is 334 g/mol. The normalized spacial score (nSPS) is 14.7. The summed E-state index contributed by atoms with van der Waals surface area (Å²) in [5.74, 6) is -1.83. The standard InChI is InChI=1S/C14H14N4O4S/c1-7(14(21)22)16-12(19)10-9-5-17(2)13(20)11-8(3-4-23-11)18(9)6-15-10/h3-4,6-7H,5H2,1-2H3,(H,16,19)(H,21,22). The number of carbonyl (C=O) groups is 3. The number of rotatable bonds is 3. The number of amides is 2. The lowest BCUT2D eigenvalue weighted by atomic mass is 10.2.